The van der Waals surface area contributed by atoms with E-state index in [0.29, 0.717) is 7.92 Å². The van der Waals surface area contributed by atoms with Gasteiger partial charge in [-0.25, -0.2) is 0 Å². The van der Waals surface area contributed by atoms with E-state index in [2.05, 4.69) is 73.9 Å². The van der Waals surface area contributed by atoms with Gasteiger partial charge in [-0.2, -0.15) is 0 Å². The van der Waals surface area contributed by atoms with Gasteiger partial charge < -0.3 is 24.8 Å². The Morgan fingerprint density at radius 1 is 0.625 bits per heavy atom. The first-order chi connectivity index (χ1) is 22.5. The number of aryl methyl sites for hydroxylation is 4. The molecule has 1 aliphatic heterocycles. The smallest absolute Gasteiger partial charge is 1.00 e. The van der Waals surface area contributed by atoms with E-state index in [9.17, 15) is 0 Å². The average Bonchev–Trinajstić information content (AvgIpc) is 3.07. The second kappa shape index (κ2) is 21.7. The molecule has 1 heterocycles. The first-order valence-electron chi connectivity index (χ1n) is 18.8. The van der Waals surface area contributed by atoms with E-state index in [4.69, 9.17) is 4.74 Å². The number of nitrogens with zero attached hydrogens (tertiary/aromatic N) is 2. The van der Waals surface area contributed by atoms with Crippen molar-refractivity contribution in [2.45, 2.75) is 154 Å². The minimum atomic E-state index is -0.145. The molecule has 0 amide bonds. The summed E-state index contributed by atoms with van der Waals surface area (Å²) >= 11 is -0.145. The summed E-state index contributed by atoms with van der Waals surface area (Å²) in [5.74, 6) is 0. The Hall–Kier alpha value is -0.627. The second-order valence-corrected chi connectivity index (χ2v) is 19.2. The molecule has 270 valence electrons. The fourth-order valence-electron chi connectivity index (χ4n) is 8.63. The predicted molar refractivity (Wildman–Crippen MR) is 201 cm³/mol. The molecule has 2 aromatic carbocycles. The van der Waals surface area contributed by atoms with Crippen LogP contribution in [0.25, 0.3) is 0 Å². The molecule has 1 saturated heterocycles. The Morgan fingerprint density at radius 3 is 1.38 bits per heavy atom. The number of hydrogen-bond acceptors (Lipinski definition) is 3. The van der Waals surface area contributed by atoms with E-state index in [1.54, 1.807) is 77.0 Å². The summed E-state index contributed by atoms with van der Waals surface area (Å²) in [6, 6.07) is 13.6. The van der Waals surface area contributed by atoms with Gasteiger partial charge in [0.2, 0.25) is 0 Å². The minimum Gasteiger partial charge on any atom is -1.00 e. The molecule has 0 N–H and O–H groups in total. The molecule has 0 aromatic heterocycles. The van der Waals surface area contributed by atoms with Crippen molar-refractivity contribution in [3.8, 4) is 0 Å². The van der Waals surface area contributed by atoms with Gasteiger partial charge in [-0.3, -0.25) is 0 Å². The molecule has 3 aliphatic carbocycles. The van der Waals surface area contributed by atoms with Crippen LogP contribution in [-0.2, 0) is 21.0 Å². The Labute approximate surface area is 314 Å². The van der Waals surface area contributed by atoms with Crippen LogP contribution in [0.3, 0.4) is 0 Å². The van der Waals surface area contributed by atoms with E-state index in [-0.39, 0.29) is 41.0 Å². The predicted octanol–water partition coefficient (Wildman–Crippen LogP) is 5.08. The van der Waals surface area contributed by atoms with E-state index in [1.165, 1.54) is 74.2 Å². The van der Waals surface area contributed by atoms with Crippen LogP contribution in [0.1, 0.15) is 132 Å². The van der Waals surface area contributed by atoms with Crippen molar-refractivity contribution in [1.29, 1.82) is 0 Å². The van der Waals surface area contributed by atoms with Gasteiger partial charge in [0, 0.05) is 0 Å². The Kier molecular flexibility index (Phi) is 18.9. The largest absolute Gasteiger partial charge is 1.00 e. The summed E-state index contributed by atoms with van der Waals surface area (Å²) in [6.45, 7) is 13.7. The number of halogens is 2. The van der Waals surface area contributed by atoms with Gasteiger partial charge in [0.25, 0.3) is 0 Å². The van der Waals surface area contributed by atoms with Gasteiger partial charge in [-0.15, -0.1) is 0 Å². The normalized spacial score (nSPS) is 19.6. The van der Waals surface area contributed by atoms with Gasteiger partial charge in [0.15, 0.2) is 0 Å². The molecule has 4 aliphatic rings. The zero-order chi connectivity index (χ0) is 32.3. The molecule has 4 fully saturated rings. The molecular formula is C41H63Cl2N2OPRu. The van der Waals surface area contributed by atoms with Crippen molar-refractivity contribution in [3.05, 3.63) is 58.7 Å². The van der Waals surface area contributed by atoms with Crippen LogP contribution in [0.5, 0.6) is 0 Å². The third kappa shape index (κ3) is 11.4. The van der Waals surface area contributed by atoms with Gasteiger partial charge in [-0.05, 0) is 55.5 Å². The van der Waals surface area contributed by atoms with Crippen LogP contribution in [0.2, 0.25) is 0 Å². The van der Waals surface area contributed by atoms with Crippen LogP contribution in [-0.4, -0.2) is 45.8 Å². The molecule has 48 heavy (non-hydrogen) atoms. The summed E-state index contributed by atoms with van der Waals surface area (Å²) < 4.78 is 7.03. The van der Waals surface area contributed by atoms with Crippen LogP contribution < -0.4 is 34.6 Å². The van der Waals surface area contributed by atoms with Crippen LogP contribution in [0.15, 0.2) is 36.4 Å². The summed E-state index contributed by atoms with van der Waals surface area (Å²) in [7, 11) is 0.385. The first-order valence-corrected chi connectivity index (χ1v) is 22.3. The zero-order valence-corrected chi connectivity index (χ0v) is 34.7. The van der Waals surface area contributed by atoms with Crippen molar-refractivity contribution >= 4 is 28.4 Å². The van der Waals surface area contributed by atoms with Crippen LogP contribution in [0.4, 0.5) is 11.4 Å². The Balaban J connectivity index is 0.000000263. The average molecular weight is 803 g/mol. The van der Waals surface area contributed by atoms with Gasteiger partial charge in [0.05, 0.1) is 0 Å². The minimum absolute atomic E-state index is 0. The topological polar surface area (TPSA) is 15.7 Å². The summed E-state index contributed by atoms with van der Waals surface area (Å²) in [5, 5.41) is 0. The van der Waals surface area contributed by atoms with Crippen molar-refractivity contribution in [3.63, 3.8) is 0 Å². The SMILES string of the molecule is C1CCC(P(C2CCCCC2)C2CCCCC2)CC1.CCO[CH]=[Ru+2]=[C]1N(c2ccc(C)cc2C)CCCN1c1ccc(C)cc1C.[Cl-].[Cl-]. The molecule has 0 spiro atoms. The van der Waals surface area contributed by atoms with Crippen molar-refractivity contribution in [2.24, 2.45) is 0 Å². The fourth-order valence-corrected chi connectivity index (χ4v) is 15.3. The van der Waals surface area contributed by atoms with Crippen LogP contribution in [0, 0.1) is 27.7 Å². The van der Waals surface area contributed by atoms with E-state index < -0.39 is 0 Å². The quantitative estimate of drug-likeness (QED) is 0.288. The second-order valence-electron chi connectivity index (χ2n) is 14.5. The maximum absolute atomic E-state index is 5.64. The third-order valence-electron chi connectivity index (χ3n) is 10.8. The maximum Gasteiger partial charge on any atom is -1.00 e. The summed E-state index contributed by atoms with van der Waals surface area (Å²) in [5.41, 5.74) is 11.5. The molecule has 0 atom stereocenters. The maximum atomic E-state index is 5.64. The monoisotopic (exact) mass is 802 g/mol. The Bertz CT molecular complexity index is 1210. The van der Waals surface area contributed by atoms with Crippen molar-refractivity contribution in [1.82, 2.24) is 0 Å². The summed E-state index contributed by atoms with van der Waals surface area (Å²) in [4.78, 5) is 7.08. The van der Waals surface area contributed by atoms with E-state index in [0.717, 1.165) is 26.1 Å². The van der Waals surface area contributed by atoms with Crippen molar-refractivity contribution < 1.29 is 45.8 Å². The molecular weight excluding hydrogens is 739 g/mol. The molecule has 0 unspecified atom stereocenters. The number of hydrogen-bond donors (Lipinski definition) is 0. The molecule has 0 radical (unpaired) electrons. The summed E-state index contributed by atoms with van der Waals surface area (Å²) in [6.07, 6.45) is 24.8. The van der Waals surface area contributed by atoms with Crippen molar-refractivity contribution in [2.75, 3.05) is 29.5 Å². The number of benzene rings is 2. The molecule has 6 rings (SSSR count). The van der Waals surface area contributed by atoms with Gasteiger partial charge >= 0.3 is 171 Å². The standard InChI is InChI=1S/C20H24N2.C18H33P.C3H6O.2ClH.Ru/c1-15-6-8-19(17(3)12-15)21-10-5-11-22(14-21)20-9-7-16(2)13-18(20)4;1-4-10-16(11-5-1)19(17-12-6-2-7-13-17)18-14-8-3-9-15-18;1-3-4-2;;;/h6-9,12-13H,5,10-11H2,1-4H3;16-18H,1-15H2;2H,3H2,1H3;2*1H;/q;;;;;+2/p-2. The molecule has 7 heteroatoms. The van der Waals surface area contributed by atoms with E-state index >= 15 is 0 Å². The fraction of sp³-hybridized carbons (Fsp3) is 0.659. The molecule has 0 bridgehead atoms. The zero-order valence-electron chi connectivity index (χ0n) is 30.6. The third-order valence-corrected chi connectivity index (χ3v) is 16.8. The molecule has 3 nitrogen and oxygen atoms in total. The van der Waals surface area contributed by atoms with Gasteiger partial charge in [-0.1, -0.05) is 65.7 Å². The van der Waals surface area contributed by atoms with Crippen LogP contribution >= 0.6 is 7.92 Å². The van der Waals surface area contributed by atoms with E-state index in [1.807, 2.05) is 11.7 Å². The number of ether oxygens (including phenoxy) is 1. The molecule has 2 aromatic rings. The number of rotatable bonds is 7. The first kappa shape index (κ1) is 41.8. The number of anilines is 2. The molecule has 3 saturated carbocycles. The Morgan fingerprint density at radius 2 is 1.02 bits per heavy atom. The van der Waals surface area contributed by atoms with Gasteiger partial charge in [0.1, 0.15) is 0 Å².